The second-order valence-corrected chi connectivity index (χ2v) is 7.48. The summed E-state index contributed by atoms with van der Waals surface area (Å²) in [4.78, 5) is 9.52. The molecule has 164 valence electrons. The molecular weight excluding hydrogens is 428 g/mol. The minimum absolute atomic E-state index is 0.523. The van der Waals surface area contributed by atoms with Gasteiger partial charge < -0.3 is 18.6 Å². The van der Waals surface area contributed by atoms with Crippen LogP contribution in [-0.4, -0.2) is 37.2 Å². The van der Waals surface area contributed by atoms with Crippen LogP contribution in [0.2, 0.25) is 0 Å². The fourth-order valence-electron chi connectivity index (χ4n) is 3.08. The Balaban J connectivity index is 1.89. The number of methoxy groups -OCH3 is 3. The van der Waals surface area contributed by atoms with Crippen molar-refractivity contribution in [3.8, 4) is 28.5 Å². The van der Waals surface area contributed by atoms with E-state index >= 15 is 0 Å². The summed E-state index contributed by atoms with van der Waals surface area (Å²) in [6.07, 6.45) is 5.06. The van der Waals surface area contributed by atoms with Crippen LogP contribution in [0.1, 0.15) is 11.5 Å². The smallest absolute Gasteiger partial charge is 0.211 e. The first kappa shape index (κ1) is 21.4. The van der Waals surface area contributed by atoms with E-state index in [1.54, 1.807) is 44.6 Å². The summed E-state index contributed by atoms with van der Waals surface area (Å²) in [5.41, 5.74) is 2.36. The van der Waals surface area contributed by atoms with E-state index in [1.165, 1.54) is 11.3 Å². The third kappa shape index (κ3) is 4.42. The minimum Gasteiger partial charge on any atom is -0.493 e. The lowest BCUT2D eigenvalue weighted by Crippen LogP contribution is -2.11. The van der Waals surface area contributed by atoms with Gasteiger partial charge in [0.2, 0.25) is 10.6 Å². The Hall–Kier alpha value is -3.85. The molecule has 8 nitrogen and oxygen atoms in total. The topological polar surface area (TPSA) is 83.4 Å². The number of thiazole rings is 1. The van der Waals surface area contributed by atoms with E-state index in [0.717, 1.165) is 22.7 Å². The molecule has 0 fully saturated rings. The summed E-state index contributed by atoms with van der Waals surface area (Å²) in [6.45, 7) is 1.89. The van der Waals surface area contributed by atoms with Crippen molar-refractivity contribution in [2.24, 2.45) is 10.1 Å². The molecule has 9 heteroatoms. The molecule has 32 heavy (non-hydrogen) atoms. The van der Waals surface area contributed by atoms with Crippen molar-refractivity contribution in [1.82, 2.24) is 9.66 Å². The number of rotatable bonds is 7. The largest absolute Gasteiger partial charge is 0.493 e. The van der Waals surface area contributed by atoms with Gasteiger partial charge in [-0.25, -0.2) is 9.67 Å². The number of nitrogens with zero attached hydrogens (tertiary/aromatic N) is 4. The SMILES string of the molecule is COc1cc(-c2csc(=Nc3cccnc3)n2N=Cc2ccc(C)o2)cc(OC)c1OC. The number of furan rings is 1. The van der Waals surface area contributed by atoms with Gasteiger partial charge in [-0.2, -0.15) is 5.10 Å². The molecule has 0 saturated heterocycles. The number of benzene rings is 1. The van der Waals surface area contributed by atoms with Crippen LogP contribution in [-0.2, 0) is 0 Å². The number of hydrogen-bond acceptors (Lipinski definition) is 8. The summed E-state index contributed by atoms with van der Waals surface area (Å²) in [5, 5.41) is 6.63. The van der Waals surface area contributed by atoms with Gasteiger partial charge in [0.25, 0.3) is 0 Å². The first-order valence-corrected chi connectivity index (χ1v) is 10.6. The number of pyridine rings is 1. The van der Waals surface area contributed by atoms with E-state index in [0.29, 0.717) is 27.8 Å². The average Bonchev–Trinajstić information content (AvgIpc) is 3.42. The minimum atomic E-state index is 0.523. The molecule has 0 aliphatic rings. The van der Waals surface area contributed by atoms with Gasteiger partial charge in [-0.3, -0.25) is 4.98 Å². The predicted octanol–water partition coefficient (Wildman–Crippen LogP) is 4.65. The normalized spacial score (nSPS) is 11.8. The molecule has 0 saturated carbocycles. The van der Waals surface area contributed by atoms with Crippen molar-refractivity contribution in [3.63, 3.8) is 0 Å². The van der Waals surface area contributed by atoms with Gasteiger partial charge in [0.05, 0.1) is 45.1 Å². The highest BCUT2D eigenvalue weighted by Gasteiger charge is 2.17. The molecule has 3 heterocycles. The maximum absolute atomic E-state index is 5.63. The fraction of sp³-hybridized carbons (Fsp3) is 0.174. The second-order valence-electron chi connectivity index (χ2n) is 6.65. The Morgan fingerprint density at radius 3 is 2.44 bits per heavy atom. The Morgan fingerprint density at radius 2 is 1.84 bits per heavy atom. The van der Waals surface area contributed by atoms with Crippen molar-refractivity contribution in [1.29, 1.82) is 0 Å². The van der Waals surface area contributed by atoms with Crippen LogP contribution in [0.5, 0.6) is 17.2 Å². The highest BCUT2D eigenvalue weighted by Crippen LogP contribution is 2.41. The molecule has 0 amide bonds. The fourth-order valence-corrected chi connectivity index (χ4v) is 3.94. The standard InChI is InChI=1S/C23H22N4O4S/c1-15-7-8-18(31-15)13-25-27-19(14-32-23(27)26-17-6-5-9-24-12-17)16-10-20(28-2)22(30-4)21(11-16)29-3/h5-14H,1-4H3. The summed E-state index contributed by atoms with van der Waals surface area (Å²) in [5.74, 6) is 3.08. The predicted molar refractivity (Wildman–Crippen MR) is 123 cm³/mol. The third-order valence-electron chi connectivity index (χ3n) is 4.58. The zero-order valence-corrected chi connectivity index (χ0v) is 18.9. The highest BCUT2D eigenvalue weighted by molar-refractivity contribution is 7.07. The zero-order valence-electron chi connectivity index (χ0n) is 18.1. The number of aryl methyl sites for hydroxylation is 1. The van der Waals surface area contributed by atoms with Crippen LogP contribution in [0, 0.1) is 6.92 Å². The molecule has 4 aromatic rings. The second kappa shape index (κ2) is 9.52. The summed E-state index contributed by atoms with van der Waals surface area (Å²) in [6, 6.07) is 11.2. The number of ether oxygens (including phenoxy) is 3. The van der Waals surface area contributed by atoms with Gasteiger partial charge in [0.1, 0.15) is 11.5 Å². The number of aromatic nitrogens is 2. The Labute approximate surface area is 189 Å². The molecule has 1 aromatic carbocycles. The summed E-state index contributed by atoms with van der Waals surface area (Å²) < 4.78 is 23.9. The molecule has 4 rings (SSSR count). The van der Waals surface area contributed by atoms with Crippen molar-refractivity contribution < 1.29 is 18.6 Å². The van der Waals surface area contributed by atoms with Gasteiger partial charge in [-0.05, 0) is 43.3 Å². The Kier molecular flexibility index (Phi) is 6.37. The zero-order chi connectivity index (χ0) is 22.5. The van der Waals surface area contributed by atoms with E-state index in [4.69, 9.17) is 23.6 Å². The van der Waals surface area contributed by atoms with E-state index < -0.39 is 0 Å². The van der Waals surface area contributed by atoms with Crippen LogP contribution < -0.4 is 19.0 Å². The van der Waals surface area contributed by atoms with E-state index in [2.05, 4.69) is 10.1 Å². The van der Waals surface area contributed by atoms with E-state index in [1.807, 2.05) is 48.7 Å². The van der Waals surface area contributed by atoms with Gasteiger partial charge >= 0.3 is 0 Å². The molecule has 3 aromatic heterocycles. The van der Waals surface area contributed by atoms with Gasteiger partial charge in [0.15, 0.2) is 11.5 Å². The van der Waals surface area contributed by atoms with Crippen molar-refractivity contribution in [3.05, 3.63) is 70.5 Å². The van der Waals surface area contributed by atoms with Crippen molar-refractivity contribution in [2.45, 2.75) is 6.92 Å². The highest BCUT2D eigenvalue weighted by atomic mass is 32.1. The lowest BCUT2D eigenvalue weighted by Gasteiger charge is -2.14. The Morgan fingerprint density at radius 1 is 1.06 bits per heavy atom. The molecular formula is C23H22N4O4S. The lowest BCUT2D eigenvalue weighted by molar-refractivity contribution is 0.324. The maximum Gasteiger partial charge on any atom is 0.211 e. The molecule has 0 spiro atoms. The van der Waals surface area contributed by atoms with E-state index in [-0.39, 0.29) is 0 Å². The van der Waals surface area contributed by atoms with Gasteiger partial charge in [-0.1, -0.05) is 0 Å². The average molecular weight is 451 g/mol. The van der Waals surface area contributed by atoms with Gasteiger partial charge in [0, 0.05) is 17.1 Å². The van der Waals surface area contributed by atoms with Crippen LogP contribution >= 0.6 is 11.3 Å². The molecule has 0 atom stereocenters. The first-order valence-electron chi connectivity index (χ1n) is 9.69. The number of hydrogen-bond donors (Lipinski definition) is 0. The molecule has 0 unspecified atom stereocenters. The molecule has 0 bridgehead atoms. The maximum atomic E-state index is 5.63. The Bertz CT molecular complexity index is 1280. The third-order valence-corrected chi connectivity index (χ3v) is 5.39. The monoisotopic (exact) mass is 450 g/mol. The summed E-state index contributed by atoms with van der Waals surface area (Å²) in [7, 11) is 4.75. The van der Waals surface area contributed by atoms with Crippen LogP contribution in [0.15, 0.2) is 68.7 Å². The first-order chi connectivity index (χ1) is 15.6. The lowest BCUT2D eigenvalue weighted by atomic mass is 10.1. The van der Waals surface area contributed by atoms with Crippen LogP contribution in [0.25, 0.3) is 11.3 Å². The molecule has 0 N–H and O–H groups in total. The van der Waals surface area contributed by atoms with Crippen LogP contribution in [0.4, 0.5) is 5.69 Å². The molecule has 0 aliphatic heterocycles. The van der Waals surface area contributed by atoms with Crippen molar-refractivity contribution >= 4 is 23.2 Å². The van der Waals surface area contributed by atoms with Gasteiger partial charge in [-0.15, -0.1) is 11.3 Å². The van der Waals surface area contributed by atoms with E-state index in [9.17, 15) is 0 Å². The molecule has 0 aliphatic carbocycles. The summed E-state index contributed by atoms with van der Waals surface area (Å²) >= 11 is 1.45. The quantitative estimate of drug-likeness (QED) is 0.383. The van der Waals surface area contributed by atoms with Crippen molar-refractivity contribution in [2.75, 3.05) is 21.3 Å². The molecule has 0 radical (unpaired) electrons. The van der Waals surface area contributed by atoms with Crippen LogP contribution in [0.3, 0.4) is 0 Å².